The van der Waals surface area contributed by atoms with Gasteiger partial charge in [0.2, 0.25) is 0 Å². The Hall–Kier alpha value is -0.0561. The Bertz CT molecular complexity index is 403. The molecule has 0 aliphatic rings. The molecule has 5 heteroatoms. The van der Waals surface area contributed by atoms with Gasteiger partial charge in [0.25, 0.3) is 0 Å². The molecule has 96 valence electrons. The first-order chi connectivity index (χ1) is 7.65. The van der Waals surface area contributed by atoms with E-state index in [1.807, 2.05) is 0 Å². The van der Waals surface area contributed by atoms with Crippen LogP contribution >= 0.6 is 0 Å². The Morgan fingerprint density at radius 3 is 2.37 bits per heavy atom. The number of carbonyl (C=O) groups is 1. The van der Waals surface area contributed by atoms with E-state index in [1.165, 1.54) is 13.0 Å². The molecular formula is C14H14O3U2. The number of hydrogen-bond acceptors (Lipinski definition) is 3. The number of esters is 1. The van der Waals surface area contributed by atoms with Gasteiger partial charge in [0.05, 0.1) is 0 Å². The molecule has 0 heterocycles. The summed E-state index contributed by atoms with van der Waals surface area (Å²) >= 11 is 0. The SMILES string of the molecule is C=C(C)C(=O)Oc1ccc[c-]c1[C-]=O.[CH-]=C.[CH3-].[U+2].[U+2]. The van der Waals surface area contributed by atoms with Crippen molar-refractivity contribution in [3.63, 3.8) is 0 Å². The Labute approximate surface area is 162 Å². The molecule has 0 spiro atoms. The summed E-state index contributed by atoms with van der Waals surface area (Å²) in [6.45, 7) is 12.0. The molecule has 0 fully saturated rings. The van der Waals surface area contributed by atoms with Crippen molar-refractivity contribution in [2.24, 2.45) is 0 Å². The van der Waals surface area contributed by atoms with Crippen LogP contribution < -0.4 is 4.74 Å². The minimum Gasteiger partial charge on any atom is -0.521 e. The van der Waals surface area contributed by atoms with Crippen LogP contribution in [0.15, 0.2) is 36.9 Å². The molecule has 0 aliphatic carbocycles. The van der Waals surface area contributed by atoms with Gasteiger partial charge in [-0.1, -0.05) is 6.58 Å². The van der Waals surface area contributed by atoms with Gasteiger partial charge < -0.3 is 23.5 Å². The van der Waals surface area contributed by atoms with Gasteiger partial charge in [-0.3, -0.25) is 12.6 Å². The summed E-state index contributed by atoms with van der Waals surface area (Å²) < 4.78 is 4.87. The van der Waals surface area contributed by atoms with E-state index in [2.05, 4.69) is 25.8 Å². The topological polar surface area (TPSA) is 43.4 Å². The molecule has 1 rings (SSSR count). The van der Waals surface area contributed by atoms with E-state index in [4.69, 9.17) is 4.74 Å². The van der Waals surface area contributed by atoms with E-state index in [0.29, 0.717) is 0 Å². The van der Waals surface area contributed by atoms with Crippen LogP contribution in [0.1, 0.15) is 12.5 Å². The zero-order valence-corrected chi connectivity index (χ0v) is 19.3. The predicted octanol–water partition coefficient (Wildman–Crippen LogP) is 2.48. The maximum absolute atomic E-state index is 11.1. The zero-order chi connectivity index (χ0) is 12.6. The smallest absolute Gasteiger partial charge is 0.521 e. The molecule has 1 aromatic carbocycles. The fraction of sp³-hybridized carbons (Fsp3) is 0.0714. The van der Waals surface area contributed by atoms with Crippen LogP contribution in [-0.4, -0.2) is 12.3 Å². The van der Waals surface area contributed by atoms with E-state index in [0.717, 1.165) is 0 Å². The molecule has 0 saturated carbocycles. The molecule has 0 bridgehead atoms. The first-order valence-corrected chi connectivity index (χ1v) is 4.32. The van der Waals surface area contributed by atoms with Crippen molar-refractivity contribution in [3.8, 4) is 5.75 Å². The Morgan fingerprint density at radius 1 is 1.42 bits per heavy atom. The second-order valence-corrected chi connectivity index (χ2v) is 2.68. The summed E-state index contributed by atoms with van der Waals surface area (Å²) in [5.74, 6) is -0.420. The first-order valence-electron chi connectivity index (χ1n) is 4.32. The molecule has 0 radical (unpaired) electrons. The molecule has 3 nitrogen and oxygen atoms in total. The van der Waals surface area contributed by atoms with Gasteiger partial charge in [-0.15, -0.1) is 0 Å². The number of ether oxygens (including phenoxy) is 1. The van der Waals surface area contributed by atoms with Crippen LogP contribution in [0.3, 0.4) is 0 Å². The van der Waals surface area contributed by atoms with Gasteiger partial charge in [-0.2, -0.15) is 6.07 Å². The van der Waals surface area contributed by atoms with E-state index in [1.54, 1.807) is 18.4 Å². The molecule has 0 N–H and O–H groups in total. The number of hydrogen-bond donors (Lipinski definition) is 0. The Balaban J connectivity index is -0.000000214. The molecule has 19 heavy (non-hydrogen) atoms. The first kappa shape index (κ1) is 27.3. The van der Waals surface area contributed by atoms with Crippen molar-refractivity contribution in [1.29, 1.82) is 0 Å². The second kappa shape index (κ2) is 16.0. The van der Waals surface area contributed by atoms with E-state index < -0.39 is 5.97 Å². The normalized spacial score (nSPS) is 7.00. The zero-order valence-electron chi connectivity index (χ0n) is 10.9. The second-order valence-electron chi connectivity index (χ2n) is 2.68. The number of rotatable bonds is 3. The summed E-state index contributed by atoms with van der Waals surface area (Å²) in [5, 5.41) is 0. The fourth-order valence-electron chi connectivity index (χ4n) is 0.773. The largest absolute Gasteiger partial charge is 2.00 e. The molecule has 0 amide bonds. The monoisotopic (exact) mass is 706 g/mol. The molecule has 0 atom stereocenters. The minimum atomic E-state index is -0.568. The van der Waals surface area contributed by atoms with Crippen molar-refractivity contribution in [2.45, 2.75) is 6.92 Å². The van der Waals surface area contributed by atoms with Crippen molar-refractivity contribution in [1.82, 2.24) is 0 Å². The fourth-order valence-corrected chi connectivity index (χ4v) is 0.773. The summed E-state index contributed by atoms with van der Waals surface area (Å²) in [6, 6.07) is 7.25. The third-order valence-electron chi connectivity index (χ3n) is 1.47. The Kier molecular flexibility index (Phi) is 23.0. The van der Waals surface area contributed by atoms with Gasteiger partial charge in [-0.05, 0) is 19.0 Å². The van der Waals surface area contributed by atoms with E-state index in [-0.39, 0.29) is 86.5 Å². The average molecular weight is 706 g/mol. The number of carbonyl (C=O) groups excluding carboxylic acids is 2. The Morgan fingerprint density at radius 2 is 1.95 bits per heavy atom. The summed E-state index contributed by atoms with van der Waals surface area (Å²) in [6.07, 6.45) is 1.63. The van der Waals surface area contributed by atoms with Gasteiger partial charge in [0, 0.05) is 5.57 Å². The van der Waals surface area contributed by atoms with Crippen LogP contribution in [0.4, 0.5) is 0 Å². The average Bonchev–Trinajstić information content (AvgIpc) is 2.32. The summed E-state index contributed by atoms with van der Waals surface area (Å²) in [4.78, 5) is 21.5. The molecule has 1 aromatic rings. The minimum absolute atomic E-state index is 0. The molecule has 0 saturated heterocycles. The van der Waals surface area contributed by atoms with Crippen LogP contribution in [-0.2, 0) is 9.59 Å². The van der Waals surface area contributed by atoms with Gasteiger partial charge >= 0.3 is 68.2 Å². The van der Waals surface area contributed by atoms with Gasteiger partial charge in [-0.25, -0.2) is 22.5 Å². The maximum atomic E-state index is 11.1. The third kappa shape index (κ3) is 10.4. The maximum Gasteiger partial charge on any atom is 2.00 e. The summed E-state index contributed by atoms with van der Waals surface area (Å²) in [5.41, 5.74) is 0.368. The van der Waals surface area contributed by atoms with Crippen LogP contribution in [0.5, 0.6) is 5.75 Å². The van der Waals surface area contributed by atoms with E-state index >= 15 is 0 Å². The predicted molar refractivity (Wildman–Crippen MR) is 66.9 cm³/mol. The molecule has 0 aromatic heterocycles. The van der Waals surface area contributed by atoms with Gasteiger partial charge in [0.1, 0.15) is 0 Å². The van der Waals surface area contributed by atoms with Crippen LogP contribution in [0.2, 0.25) is 0 Å². The molecule has 0 unspecified atom stereocenters. The van der Waals surface area contributed by atoms with Gasteiger partial charge in [0.15, 0.2) is 0 Å². The van der Waals surface area contributed by atoms with Crippen molar-refractivity contribution in [2.75, 3.05) is 0 Å². The van der Waals surface area contributed by atoms with E-state index in [9.17, 15) is 9.59 Å². The van der Waals surface area contributed by atoms with Crippen molar-refractivity contribution in [3.05, 3.63) is 62.6 Å². The molecule has 0 aliphatic heterocycles. The van der Waals surface area contributed by atoms with Crippen molar-refractivity contribution >= 4 is 12.3 Å². The summed E-state index contributed by atoms with van der Waals surface area (Å²) in [7, 11) is 0. The molecular weight excluding hydrogens is 692 g/mol. The standard InChI is InChI=1S/C11H8O3.C2H3.CH3.2U/c1-8(2)11(13)14-10-6-4-3-5-9(10)7-12;1-2;;;/h3-4,6H,1H2,2H3;1H,2H2;1H3;;/q-2;2*-1;2*+2. The quantitative estimate of drug-likeness (QED) is 0.210. The third-order valence-corrected chi connectivity index (χ3v) is 1.47. The van der Waals surface area contributed by atoms with Crippen LogP contribution in [0, 0.1) is 82.3 Å². The van der Waals surface area contributed by atoms with Crippen LogP contribution in [0.25, 0.3) is 0 Å². The number of benzene rings is 1. The van der Waals surface area contributed by atoms with Crippen molar-refractivity contribution < 1.29 is 76.6 Å².